The number of nitrogens with zero attached hydrogens (tertiary/aromatic N) is 1. The molecule has 2 saturated heterocycles. The molecule has 9 heteroatoms. The van der Waals surface area contributed by atoms with Gasteiger partial charge in [-0.3, -0.25) is 24.2 Å². The van der Waals surface area contributed by atoms with Gasteiger partial charge in [0.05, 0.1) is 6.54 Å². The first-order valence-corrected chi connectivity index (χ1v) is 13.2. The van der Waals surface area contributed by atoms with Crippen molar-refractivity contribution in [2.75, 3.05) is 13.1 Å². The third kappa shape index (κ3) is 7.27. The number of hydrogen-bond acceptors (Lipinski definition) is 5. The Hall–Kier alpha value is -2.45. The number of nitrogens with one attached hydrogen (secondary N) is 4. The zero-order chi connectivity index (χ0) is 25.6. The number of fused-ring (bicyclic) bond motifs is 1. The Labute approximate surface area is 209 Å². The van der Waals surface area contributed by atoms with Crippen LogP contribution in [0.15, 0.2) is 4.99 Å². The third-order valence-electron chi connectivity index (χ3n) is 7.75. The van der Waals surface area contributed by atoms with Gasteiger partial charge in [-0.05, 0) is 50.7 Å². The van der Waals surface area contributed by atoms with E-state index in [2.05, 4.69) is 33.0 Å². The summed E-state index contributed by atoms with van der Waals surface area (Å²) in [5.74, 6) is -0.666. The van der Waals surface area contributed by atoms with E-state index in [4.69, 9.17) is 0 Å². The normalized spacial score (nSPS) is 31.5. The minimum atomic E-state index is -0.703. The lowest BCUT2D eigenvalue weighted by Gasteiger charge is -2.31. The first-order chi connectivity index (χ1) is 16.6. The molecule has 0 aromatic rings. The standard InChI is InChI=1S/C26H43N5O4/c1-26(2,3)25(35)30-20-12-8-7-11-17-14-28-22(32)19(17)13-18(15-27-4)29-24(34)21(31-23(20)33)16-9-5-6-10-16/h16-21H,4-15H2,1-3H3,(H,28,32)(H,29,34)(H,30,35)(H,31,33)/t17-,18-,19-,20-,21-/m0/s1. The number of amides is 4. The molecule has 0 aromatic carbocycles. The SMILES string of the molecule is C=NC[C@@H]1C[C@@H]2C(=O)NC[C@@H]2CCCC[C@H](NC(=O)C(C)(C)C)C(=O)N[C@@H](C2CCCC2)C(=O)N1. The predicted molar refractivity (Wildman–Crippen MR) is 135 cm³/mol. The number of carbonyl (C=O) groups excluding carboxylic acids is 4. The molecule has 0 aromatic heterocycles. The van der Waals surface area contributed by atoms with Crippen molar-refractivity contribution in [3.63, 3.8) is 0 Å². The van der Waals surface area contributed by atoms with E-state index in [0.29, 0.717) is 25.9 Å². The van der Waals surface area contributed by atoms with E-state index in [-0.39, 0.29) is 47.4 Å². The molecule has 196 valence electrons. The van der Waals surface area contributed by atoms with Crippen molar-refractivity contribution < 1.29 is 19.2 Å². The molecule has 3 fully saturated rings. The second kappa shape index (κ2) is 12.0. The van der Waals surface area contributed by atoms with Crippen LogP contribution in [0.4, 0.5) is 0 Å². The van der Waals surface area contributed by atoms with Gasteiger partial charge in [-0.15, -0.1) is 0 Å². The van der Waals surface area contributed by atoms with Crippen LogP contribution in [0.1, 0.15) is 78.6 Å². The van der Waals surface area contributed by atoms with Crippen molar-refractivity contribution in [1.29, 1.82) is 0 Å². The molecule has 4 N–H and O–H groups in total. The van der Waals surface area contributed by atoms with Crippen molar-refractivity contribution >= 4 is 30.3 Å². The monoisotopic (exact) mass is 489 g/mol. The summed E-state index contributed by atoms with van der Waals surface area (Å²) in [7, 11) is 0. The largest absolute Gasteiger partial charge is 0.356 e. The molecule has 0 unspecified atom stereocenters. The lowest BCUT2D eigenvalue weighted by molar-refractivity contribution is -0.135. The van der Waals surface area contributed by atoms with Gasteiger partial charge in [0.25, 0.3) is 0 Å². The Morgan fingerprint density at radius 1 is 0.943 bits per heavy atom. The first-order valence-electron chi connectivity index (χ1n) is 13.2. The van der Waals surface area contributed by atoms with Gasteiger partial charge in [-0.1, -0.05) is 46.5 Å². The molecule has 1 aliphatic carbocycles. The molecule has 9 nitrogen and oxygen atoms in total. The fraction of sp³-hybridized carbons (Fsp3) is 0.808. The summed E-state index contributed by atoms with van der Waals surface area (Å²) in [6, 6.07) is -1.70. The molecule has 5 atom stereocenters. The molecule has 35 heavy (non-hydrogen) atoms. The molecule has 0 radical (unpaired) electrons. The van der Waals surface area contributed by atoms with Gasteiger partial charge >= 0.3 is 0 Å². The molecule has 0 spiro atoms. The van der Waals surface area contributed by atoms with Crippen LogP contribution in [0.5, 0.6) is 0 Å². The summed E-state index contributed by atoms with van der Waals surface area (Å²) in [5.41, 5.74) is -0.629. The average molecular weight is 490 g/mol. The maximum atomic E-state index is 13.5. The summed E-state index contributed by atoms with van der Waals surface area (Å²) >= 11 is 0. The summed E-state index contributed by atoms with van der Waals surface area (Å²) < 4.78 is 0. The number of rotatable bonds is 4. The van der Waals surface area contributed by atoms with Crippen molar-refractivity contribution in [1.82, 2.24) is 21.3 Å². The Morgan fingerprint density at radius 3 is 2.20 bits per heavy atom. The quantitative estimate of drug-likeness (QED) is 0.448. The molecule has 3 rings (SSSR count). The summed E-state index contributed by atoms with van der Waals surface area (Å²) in [4.78, 5) is 56.2. The maximum absolute atomic E-state index is 13.5. The average Bonchev–Trinajstić information content (AvgIpc) is 3.43. The van der Waals surface area contributed by atoms with E-state index in [1.807, 2.05) is 20.8 Å². The van der Waals surface area contributed by atoms with Crippen molar-refractivity contribution in [3.05, 3.63) is 0 Å². The zero-order valence-corrected chi connectivity index (χ0v) is 21.5. The lowest BCUT2D eigenvalue weighted by Crippen LogP contribution is -2.58. The van der Waals surface area contributed by atoms with E-state index in [1.54, 1.807) is 0 Å². The lowest BCUT2D eigenvalue weighted by atomic mass is 9.85. The van der Waals surface area contributed by atoms with E-state index >= 15 is 0 Å². The van der Waals surface area contributed by atoms with E-state index in [0.717, 1.165) is 44.9 Å². The van der Waals surface area contributed by atoms with Crippen LogP contribution in [-0.4, -0.2) is 61.6 Å². The summed E-state index contributed by atoms with van der Waals surface area (Å²) in [6.45, 7) is 9.99. The summed E-state index contributed by atoms with van der Waals surface area (Å²) in [5, 5.41) is 12.0. The fourth-order valence-electron chi connectivity index (χ4n) is 5.59. The van der Waals surface area contributed by atoms with Gasteiger partial charge in [-0.2, -0.15) is 0 Å². The predicted octanol–water partition coefficient (Wildman–Crippen LogP) is 1.70. The highest BCUT2D eigenvalue weighted by atomic mass is 16.2. The van der Waals surface area contributed by atoms with E-state index < -0.39 is 17.5 Å². The molecular weight excluding hydrogens is 446 g/mol. The second-order valence-corrected chi connectivity index (χ2v) is 11.6. The number of carbonyl (C=O) groups is 4. The third-order valence-corrected chi connectivity index (χ3v) is 7.75. The van der Waals surface area contributed by atoms with Gasteiger partial charge in [0.2, 0.25) is 23.6 Å². The van der Waals surface area contributed by atoms with Gasteiger partial charge in [0.15, 0.2) is 0 Å². The number of hydrogen-bond donors (Lipinski definition) is 4. The van der Waals surface area contributed by atoms with Gasteiger partial charge in [0, 0.05) is 23.9 Å². The molecule has 2 heterocycles. The van der Waals surface area contributed by atoms with Gasteiger partial charge in [0.1, 0.15) is 12.1 Å². The van der Waals surface area contributed by atoms with Crippen molar-refractivity contribution in [2.45, 2.75) is 96.7 Å². The Bertz CT molecular complexity index is 802. The minimum absolute atomic E-state index is 0.0290. The van der Waals surface area contributed by atoms with Crippen LogP contribution >= 0.6 is 0 Å². The first kappa shape index (κ1) is 27.1. The van der Waals surface area contributed by atoms with Crippen LogP contribution in [0.25, 0.3) is 0 Å². The minimum Gasteiger partial charge on any atom is -0.356 e. The molecular formula is C26H43N5O4. The highest BCUT2D eigenvalue weighted by Gasteiger charge is 2.39. The fourth-order valence-corrected chi connectivity index (χ4v) is 5.59. The Kier molecular flexibility index (Phi) is 9.30. The van der Waals surface area contributed by atoms with Gasteiger partial charge in [-0.25, -0.2) is 0 Å². The molecule has 3 aliphatic rings. The molecule has 4 amide bonds. The van der Waals surface area contributed by atoms with Crippen LogP contribution < -0.4 is 21.3 Å². The van der Waals surface area contributed by atoms with Gasteiger partial charge < -0.3 is 21.3 Å². The van der Waals surface area contributed by atoms with Crippen LogP contribution in [0.2, 0.25) is 0 Å². The van der Waals surface area contributed by atoms with Crippen LogP contribution in [0.3, 0.4) is 0 Å². The molecule has 2 aliphatic heterocycles. The molecule has 0 bridgehead atoms. The van der Waals surface area contributed by atoms with E-state index in [9.17, 15) is 19.2 Å². The van der Waals surface area contributed by atoms with Crippen LogP contribution in [0, 0.1) is 23.2 Å². The zero-order valence-electron chi connectivity index (χ0n) is 21.5. The highest BCUT2D eigenvalue weighted by molar-refractivity contribution is 5.93. The Balaban J connectivity index is 1.86. The summed E-state index contributed by atoms with van der Waals surface area (Å²) in [6.07, 6.45) is 7.24. The van der Waals surface area contributed by atoms with Crippen molar-refractivity contribution in [2.24, 2.45) is 28.2 Å². The van der Waals surface area contributed by atoms with E-state index in [1.165, 1.54) is 0 Å². The molecule has 1 saturated carbocycles. The Morgan fingerprint density at radius 2 is 1.57 bits per heavy atom. The smallest absolute Gasteiger partial charge is 0.243 e. The highest BCUT2D eigenvalue weighted by Crippen LogP contribution is 2.30. The topological polar surface area (TPSA) is 129 Å². The second-order valence-electron chi connectivity index (χ2n) is 11.6. The maximum Gasteiger partial charge on any atom is 0.243 e. The van der Waals surface area contributed by atoms with Crippen molar-refractivity contribution in [3.8, 4) is 0 Å². The number of aliphatic imine (C=N–C) groups is 1. The van der Waals surface area contributed by atoms with Crippen LogP contribution in [-0.2, 0) is 19.2 Å².